The number of imidazole rings is 1. The molecule has 0 radical (unpaired) electrons. The Bertz CT molecular complexity index is 841. The standard InChI is InChI=1S/C18H21N3O/c1-12(11-16(22)18-19-9-10-20(18)3)17-13(2)21(4)15-8-6-5-7-14(15)17/h5-10,12H,11H2,1-4H3. The van der Waals surface area contributed by atoms with Gasteiger partial charge in [-0.05, 0) is 24.5 Å². The van der Waals surface area contributed by atoms with Crippen LogP contribution < -0.4 is 0 Å². The largest absolute Gasteiger partial charge is 0.348 e. The number of aryl methyl sites for hydroxylation is 2. The molecular formula is C18H21N3O. The predicted molar refractivity (Wildman–Crippen MR) is 88.2 cm³/mol. The van der Waals surface area contributed by atoms with E-state index in [1.807, 2.05) is 7.05 Å². The van der Waals surface area contributed by atoms with Gasteiger partial charge in [0.25, 0.3) is 0 Å². The first kappa shape index (κ1) is 14.6. The molecular weight excluding hydrogens is 274 g/mol. The Kier molecular flexibility index (Phi) is 3.61. The number of ketones is 1. The highest BCUT2D eigenvalue weighted by Crippen LogP contribution is 2.33. The number of Topliss-reactive ketones (excluding diaryl/α,β-unsaturated/α-hetero) is 1. The zero-order valence-corrected chi connectivity index (χ0v) is 13.5. The number of rotatable bonds is 4. The summed E-state index contributed by atoms with van der Waals surface area (Å²) in [5.41, 5.74) is 3.70. The van der Waals surface area contributed by atoms with Crippen molar-refractivity contribution < 1.29 is 4.79 Å². The van der Waals surface area contributed by atoms with Crippen LogP contribution in [0.4, 0.5) is 0 Å². The monoisotopic (exact) mass is 295 g/mol. The van der Waals surface area contributed by atoms with Crippen molar-refractivity contribution in [1.29, 1.82) is 0 Å². The van der Waals surface area contributed by atoms with Crippen LogP contribution in [0.2, 0.25) is 0 Å². The predicted octanol–water partition coefficient (Wildman–Crippen LogP) is 3.60. The van der Waals surface area contributed by atoms with Gasteiger partial charge in [-0.1, -0.05) is 25.1 Å². The third kappa shape index (κ3) is 2.25. The molecule has 22 heavy (non-hydrogen) atoms. The molecule has 2 aromatic heterocycles. The van der Waals surface area contributed by atoms with Crippen LogP contribution in [0.5, 0.6) is 0 Å². The van der Waals surface area contributed by atoms with Crippen LogP contribution in [0, 0.1) is 6.92 Å². The summed E-state index contributed by atoms with van der Waals surface area (Å²) < 4.78 is 3.98. The van der Waals surface area contributed by atoms with Crippen molar-refractivity contribution >= 4 is 16.7 Å². The highest BCUT2D eigenvalue weighted by molar-refractivity contribution is 5.94. The van der Waals surface area contributed by atoms with Crippen LogP contribution >= 0.6 is 0 Å². The average Bonchev–Trinajstić information content (AvgIpc) is 3.02. The highest BCUT2D eigenvalue weighted by Gasteiger charge is 2.21. The van der Waals surface area contributed by atoms with E-state index < -0.39 is 0 Å². The summed E-state index contributed by atoms with van der Waals surface area (Å²) in [4.78, 5) is 16.6. The van der Waals surface area contributed by atoms with Gasteiger partial charge in [-0.2, -0.15) is 0 Å². The molecule has 0 aliphatic rings. The number of carbonyl (C=O) groups excluding carboxylic acids is 1. The fourth-order valence-corrected chi connectivity index (χ4v) is 3.28. The number of aromatic nitrogens is 3. The fourth-order valence-electron chi connectivity index (χ4n) is 3.28. The second kappa shape index (κ2) is 5.44. The van der Waals surface area contributed by atoms with Crippen LogP contribution in [0.15, 0.2) is 36.7 Å². The van der Waals surface area contributed by atoms with E-state index in [2.05, 4.69) is 54.7 Å². The van der Waals surface area contributed by atoms with Crippen molar-refractivity contribution in [1.82, 2.24) is 14.1 Å². The molecule has 2 heterocycles. The van der Waals surface area contributed by atoms with Gasteiger partial charge in [-0.25, -0.2) is 4.98 Å². The summed E-state index contributed by atoms with van der Waals surface area (Å²) in [5.74, 6) is 0.785. The summed E-state index contributed by atoms with van der Waals surface area (Å²) >= 11 is 0. The van der Waals surface area contributed by atoms with Crippen LogP contribution in [-0.2, 0) is 14.1 Å². The lowest BCUT2D eigenvalue weighted by Gasteiger charge is -2.12. The van der Waals surface area contributed by atoms with E-state index in [-0.39, 0.29) is 11.7 Å². The second-order valence-corrected chi connectivity index (χ2v) is 5.97. The Labute approximate surface area is 130 Å². The molecule has 0 spiro atoms. The van der Waals surface area contributed by atoms with Gasteiger partial charge in [0.05, 0.1) is 0 Å². The first-order chi connectivity index (χ1) is 10.5. The van der Waals surface area contributed by atoms with Crippen molar-refractivity contribution in [3.8, 4) is 0 Å². The zero-order chi connectivity index (χ0) is 15.9. The summed E-state index contributed by atoms with van der Waals surface area (Å²) in [6.45, 7) is 4.24. The lowest BCUT2D eigenvalue weighted by atomic mass is 9.93. The van der Waals surface area contributed by atoms with Crippen LogP contribution in [0.1, 0.15) is 41.1 Å². The number of hydrogen-bond donors (Lipinski definition) is 0. The molecule has 3 aromatic rings. The molecule has 114 valence electrons. The Morgan fingerprint density at radius 2 is 2.00 bits per heavy atom. The minimum absolute atomic E-state index is 0.0901. The Morgan fingerprint density at radius 3 is 2.68 bits per heavy atom. The first-order valence-corrected chi connectivity index (χ1v) is 7.55. The lowest BCUT2D eigenvalue weighted by Crippen LogP contribution is -2.11. The molecule has 1 aromatic carbocycles. The molecule has 4 heteroatoms. The number of para-hydroxylation sites is 1. The minimum Gasteiger partial charge on any atom is -0.348 e. The smallest absolute Gasteiger partial charge is 0.198 e. The van der Waals surface area contributed by atoms with Gasteiger partial charge < -0.3 is 9.13 Å². The summed E-state index contributed by atoms with van der Waals surface area (Å²) in [6, 6.07) is 8.37. The van der Waals surface area contributed by atoms with Gasteiger partial charge in [0.2, 0.25) is 0 Å². The number of benzene rings is 1. The van der Waals surface area contributed by atoms with Gasteiger partial charge >= 0.3 is 0 Å². The summed E-state index contributed by atoms with van der Waals surface area (Å²) in [6.07, 6.45) is 3.95. The molecule has 1 atom stereocenters. The first-order valence-electron chi connectivity index (χ1n) is 7.55. The maximum absolute atomic E-state index is 12.5. The summed E-state index contributed by atoms with van der Waals surface area (Å²) in [5, 5.41) is 1.24. The van der Waals surface area contributed by atoms with Gasteiger partial charge in [0, 0.05) is 49.5 Å². The lowest BCUT2D eigenvalue weighted by molar-refractivity contribution is 0.0962. The molecule has 1 unspecified atom stereocenters. The molecule has 0 N–H and O–H groups in total. The normalized spacial score (nSPS) is 12.7. The van der Waals surface area contributed by atoms with Crippen molar-refractivity contribution in [3.63, 3.8) is 0 Å². The number of carbonyl (C=O) groups is 1. The number of nitrogens with zero attached hydrogens (tertiary/aromatic N) is 3. The molecule has 0 amide bonds. The molecule has 0 bridgehead atoms. The Morgan fingerprint density at radius 1 is 1.27 bits per heavy atom. The molecule has 4 nitrogen and oxygen atoms in total. The van der Waals surface area contributed by atoms with E-state index in [0.29, 0.717) is 12.2 Å². The van der Waals surface area contributed by atoms with Gasteiger partial charge in [0.15, 0.2) is 11.6 Å². The van der Waals surface area contributed by atoms with E-state index in [9.17, 15) is 4.79 Å². The molecule has 0 saturated carbocycles. The third-order valence-electron chi connectivity index (χ3n) is 4.50. The van der Waals surface area contributed by atoms with E-state index >= 15 is 0 Å². The average molecular weight is 295 g/mol. The quantitative estimate of drug-likeness (QED) is 0.690. The molecule has 0 saturated heterocycles. The number of hydrogen-bond acceptors (Lipinski definition) is 2. The van der Waals surface area contributed by atoms with Crippen LogP contribution in [0.25, 0.3) is 10.9 Å². The van der Waals surface area contributed by atoms with Crippen molar-refractivity contribution in [2.75, 3.05) is 0 Å². The maximum atomic E-state index is 12.5. The number of fused-ring (bicyclic) bond motifs is 1. The maximum Gasteiger partial charge on any atom is 0.198 e. The zero-order valence-electron chi connectivity index (χ0n) is 13.5. The van der Waals surface area contributed by atoms with Crippen molar-refractivity contribution in [3.05, 3.63) is 53.7 Å². The van der Waals surface area contributed by atoms with Gasteiger partial charge in [-0.3, -0.25) is 4.79 Å². The molecule has 0 aliphatic heterocycles. The van der Waals surface area contributed by atoms with Gasteiger partial charge in [-0.15, -0.1) is 0 Å². The van der Waals surface area contributed by atoms with Crippen LogP contribution in [0.3, 0.4) is 0 Å². The highest BCUT2D eigenvalue weighted by atomic mass is 16.1. The van der Waals surface area contributed by atoms with E-state index in [1.54, 1.807) is 17.0 Å². The second-order valence-electron chi connectivity index (χ2n) is 5.97. The Balaban J connectivity index is 1.96. The summed E-state index contributed by atoms with van der Waals surface area (Å²) in [7, 11) is 3.93. The van der Waals surface area contributed by atoms with Crippen LogP contribution in [-0.4, -0.2) is 19.9 Å². The van der Waals surface area contributed by atoms with Gasteiger partial charge in [0.1, 0.15) is 0 Å². The third-order valence-corrected chi connectivity index (χ3v) is 4.50. The van der Waals surface area contributed by atoms with E-state index in [1.165, 1.54) is 22.2 Å². The topological polar surface area (TPSA) is 39.8 Å². The fraction of sp³-hybridized carbons (Fsp3) is 0.333. The minimum atomic E-state index is 0.0901. The molecule has 0 fully saturated rings. The molecule has 0 aliphatic carbocycles. The van der Waals surface area contributed by atoms with E-state index in [4.69, 9.17) is 0 Å². The molecule has 3 rings (SSSR count). The van der Waals surface area contributed by atoms with Crippen molar-refractivity contribution in [2.45, 2.75) is 26.2 Å². The Hall–Kier alpha value is -2.36. The SMILES string of the molecule is Cc1c(C(C)CC(=O)c2nccn2C)c2ccccc2n1C. The van der Waals surface area contributed by atoms with E-state index in [0.717, 1.165) is 0 Å². The van der Waals surface area contributed by atoms with Crippen molar-refractivity contribution in [2.24, 2.45) is 14.1 Å².